The number of thiophene rings is 1. The van der Waals surface area contributed by atoms with E-state index in [2.05, 4.69) is 45.0 Å². The van der Waals surface area contributed by atoms with Crippen LogP contribution in [-0.2, 0) is 13.0 Å². The van der Waals surface area contributed by atoms with E-state index in [-0.39, 0.29) is 6.10 Å². The standard InChI is InChI=1S/C14H16BrNOS/c15-14-6-5-11(18-14)8-16-7-10-3-1-2-4-13(17)12(10)9-16/h5-7,9,13,17H,1-4,8H2. The molecular weight excluding hydrogens is 310 g/mol. The number of aliphatic hydroxyl groups excluding tert-OH is 1. The monoisotopic (exact) mass is 325 g/mol. The summed E-state index contributed by atoms with van der Waals surface area (Å²) in [4.78, 5) is 1.33. The maximum atomic E-state index is 10.1. The van der Waals surface area contributed by atoms with Crippen molar-refractivity contribution >= 4 is 27.3 Å². The van der Waals surface area contributed by atoms with Crippen LogP contribution in [0.4, 0.5) is 0 Å². The normalized spacial score (nSPS) is 19.6. The molecule has 2 nitrogen and oxygen atoms in total. The highest BCUT2D eigenvalue weighted by Gasteiger charge is 2.18. The Balaban J connectivity index is 1.84. The fraction of sp³-hybridized carbons (Fsp3) is 0.429. The number of halogens is 1. The first kappa shape index (κ1) is 12.5. The van der Waals surface area contributed by atoms with Crippen LogP contribution in [0.5, 0.6) is 0 Å². The van der Waals surface area contributed by atoms with Crippen LogP contribution in [0.2, 0.25) is 0 Å². The third kappa shape index (κ3) is 2.56. The minimum Gasteiger partial charge on any atom is -0.388 e. The van der Waals surface area contributed by atoms with Crippen LogP contribution >= 0.6 is 27.3 Å². The van der Waals surface area contributed by atoms with Gasteiger partial charge in [0, 0.05) is 22.8 Å². The van der Waals surface area contributed by atoms with E-state index in [0.29, 0.717) is 0 Å². The number of nitrogens with zero attached hydrogens (tertiary/aromatic N) is 1. The van der Waals surface area contributed by atoms with Crippen molar-refractivity contribution in [2.24, 2.45) is 0 Å². The van der Waals surface area contributed by atoms with Crippen molar-refractivity contribution in [3.05, 3.63) is 44.3 Å². The van der Waals surface area contributed by atoms with Crippen molar-refractivity contribution < 1.29 is 5.11 Å². The molecule has 96 valence electrons. The van der Waals surface area contributed by atoms with Gasteiger partial charge in [0.25, 0.3) is 0 Å². The van der Waals surface area contributed by atoms with Gasteiger partial charge in [0.1, 0.15) is 0 Å². The van der Waals surface area contributed by atoms with Gasteiger partial charge >= 0.3 is 0 Å². The van der Waals surface area contributed by atoms with Gasteiger partial charge in [0.15, 0.2) is 0 Å². The summed E-state index contributed by atoms with van der Waals surface area (Å²) in [6.07, 6.45) is 8.40. The fourth-order valence-corrected chi connectivity index (χ4v) is 4.09. The molecule has 0 spiro atoms. The van der Waals surface area contributed by atoms with Gasteiger partial charge < -0.3 is 9.67 Å². The van der Waals surface area contributed by atoms with E-state index in [1.807, 2.05) is 0 Å². The van der Waals surface area contributed by atoms with Gasteiger partial charge in [-0.1, -0.05) is 6.42 Å². The van der Waals surface area contributed by atoms with Gasteiger partial charge in [-0.25, -0.2) is 0 Å². The third-order valence-corrected chi connectivity index (χ3v) is 5.11. The second-order valence-electron chi connectivity index (χ2n) is 4.88. The van der Waals surface area contributed by atoms with Crippen LogP contribution in [-0.4, -0.2) is 9.67 Å². The maximum Gasteiger partial charge on any atom is 0.0807 e. The third-order valence-electron chi connectivity index (χ3n) is 3.50. The predicted octanol–water partition coefficient (Wildman–Crippen LogP) is 4.12. The molecule has 1 unspecified atom stereocenters. The summed E-state index contributed by atoms with van der Waals surface area (Å²) in [5.74, 6) is 0. The summed E-state index contributed by atoms with van der Waals surface area (Å²) in [6.45, 7) is 0.899. The molecule has 1 aliphatic carbocycles. The van der Waals surface area contributed by atoms with Gasteiger partial charge in [-0.05, 0) is 52.9 Å². The van der Waals surface area contributed by atoms with Crippen molar-refractivity contribution in [3.63, 3.8) is 0 Å². The van der Waals surface area contributed by atoms with E-state index in [0.717, 1.165) is 31.4 Å². The van der Waals surface area contributed by atoms with Crippen LogP contribution in [0.15, 0.2) is 28.3 Å². The molecule has 0 bridgehead atoms. The summed E-state index contributed by atoms with van der Waals surface area (Å²) in [5, 5.41) is 10.1. The van der Waals surface area contributed by atoms with Crippen molar-refractivity contribution in [2.75, 3.05) is 0 Å². The van der Waals surface area contributed by atoms with E-state index in [1.54, 1.807) is 11.3 Å². The van der Waals surface area contributed by atoms with Crippen LogP contribution in [0.3, 0.4) is 0 Å². The Kier molecular flexibility index (Phi) is 3.59. The zero-order valence-electron chi connectivity index (χ0n) is 10.1. The highest BCUT2D eigenvalue weighted by atomic mass is 79.9. The Labute approximate surface area is 119 Å². The second kappa shape index (κ2) is 5.19. The molecular formula is C14H16BrNOS. The van der Waals surface area contributed by atoms with Crippen molar-refractivity contribution in [1.29, 1.82) is 0 Å². The summed E-state index contributed by atoms with van der Waals surface area (Å²) >= 11 is 5.26. The van der Waals surface area contributed by atoms with E-state index in [4.69, 9.17) is 0 Å². The number of aryl methyl sites for hydroxylation is 1. The lowest BCUT2D eigenvalue weighted by Gasteiger charge is -2.06. The molecule has 0 aromatic carbocycles. The Hall–Kier alpha value is -0.580. The zero-order chi connectivity index (χ0) is 12.5. The number of rotatable bonds is 2. The first-order chi connectivity index (χ1) is 8.72. The average Bonchev–Trinajstić information content (AvgIpc) is 2.88. The van der Waals surface area contributed by atoms with Gasteiger partial charge in [-0.2, -0.15) is 0 Å². The largest absolute Gasteiger partial charge is 0.388 e. The zero-order valence-corrected chi connectivity index (χ0v) is 12.5. The van der Waals surface area contributed by atoms with Crippen molar-refractivity contribution in [3.8, 4) is 0 Å². The molecule has 0 amide bonds. The van der Waals surface area contributed by atoms with E-state index < -0.39 is 0 Å². The van der Waals surface area contributed by atoms with Crippen LogP contribution < -0.4 is 0 Å². The summed E-state index contributed by atoms with van der Waals surface area (Å²) in [7, 11) is 0. The predicted molar refractivity (Wildman–Crippen MR) is 78.1 cm³/mol. The fourth-order valence-electron chi connectivity index (χ4n) is 2.60. The Morgan fingerprint density at radius 2 is 2.22 bits per heavy atom. The number of aliphatic hydroxyl groups is 1. The van der Waals surface area contributed by atoms with Crippen LogP contribution in [0.1, 0.15) is 41.4 Å². The van der Waals surface area contributed by atoms with Crippen LogP contribution in [0.25, 0.3) is 0 Å². The molecule has 2 aromatic rings. The topological polar surface area (TPSA) is 25.2 Å². The van der Waals surface area contributed by atoms with E-state index in [1.165, 1.54) is 20.6 Å². The van der Waals surface area contributed by atoms with E-state index >= 15 is 0 Å². The maximum absolute atomic E-state index is 10.1. The number of hydrogen-bond acceptors (Lipinski definition) is 2. The summed E-state index contributed by atoms with van der Waals surface area (Å²) < 4.78 is 3.38. The highest BCUT2D eigenvalue weighted by molar-refractivity contribution is 9.11. The number of hydrogen-bond donors (Lipinski definition) is 1. The molecule has 0 saturated carbocycles. The summed E-state index contributed by atoms with van der Waals surface area (Å²) in [6, 6.07) is 4.24. The molecule has 0 aliphatic heterocycles. The molecule has 18 heavy (non-hydrogen) atoms. The van der Waals surface area contributed by atoms with Gasteiger partial charge in [0.05, 0.1) is 16.4 Å². The second-order valence-corrected chi connectivity index (χ2v) is 7.43. The number of fused-ring (bicyclic) bond motifs is 1. The van der Waals surface area contributed by atoms with Gasteiger partial charge in [-0.15, -0.1) is 11.3 Å². The van der Waals surface area contributed by atoms with E-state index in [9.17, 15) is 5.11 Å². The molecule has 1 atom stereocenters. The quantitative estimate of drug-likeness (QED) is 0.825. The lowest BCUT2D eigenvalue weighted by atomic mass is 10.1. The molecule has 0 saturated heterocycles. The van der Waals surface area contributed by atoms with Crippen molar-refractivity contribution in [2.45, 2.75) is 38.3 Å². The first-order valence-corrected chi connectivity index (χ1v) is 7.94. The van der Waals surface area contributed by atoms with Crippen molar-refractivity contribution in [1.82, 2.24) is 4.57 Å². The molecule has 0 fully saturated rings. The minimum atomic E-state index is -0.265. The van der Waals surface area contributed by atoms with Gasteiger partial charge in [0.2, 0.25) is 0 Å². The Morgan fingerprint density at radius 3 is 3.00 bits per heavy atom. The molecule has 2 aromatic heterocycles. The SMILES string of the molecule is OC1CCCCc2cn(Cc3ccc(Br)s3)cc21. The molecule has 0 radical (unpaired) electrons. The minimum absolute atomic E-state index is 0.265. The molecule has 2 heterocycles. The molecule has 3 rings (SSSR count). The summed E-state index contributed by atoms with van der Waals surface area (Å²) in [5.41, 5.74) is 2.47. The van der Waals surface area contributed by atoms with Gasteiger partial charge in [-0.3, -0.25) is 0 Å². The molecule has 1 N–H and O–H groups in total. The average molecular weight is 326 g/mol. The highest BCUT2D eigenvalue weighted by Crippen LogP contribution is 2.30. The lowest BCUT2D eigenvalue weighted by Crippen LogP contribution is -1.96. The lowest BCUT2D eigenvalue weighted by molar-refractivity contribution is 0.166. The molecule has 4 heteroatoms. The Bertz CT molecular complexity index is 546. The Morgan fingerprint density at radius 1 is 1.33 bits per heavy atom. The first-order valence-electron chi connectivity index (χ1n) is 6.33. The smallest absolute Gasteiger partial charge is 0.0807 e. The molecule has 1 aliphatic rings. The number of aromatic nitrogens is 1. The van der Waals surface area contributed by atoms with Crippen LogP contribution in [0, 0.1) is 0 Å².